The van der Waals surface area contributed by atoms with E-state index < -0.39 is 11.8 Å². The number of hydrogen-bond acceptors (Lipinski definition) is 2. The average Bonchev–Trinajstić information content (AvgIpc) is 2.55. The Morgan fingerprint density at radius 3 is 2.43 bits per heavy atom. The third-order valence-electron chi connectivity index (χ3n) is 3.62. The van der Waals surface area contributed by atoms with E-state index in [0.29, 0.717) is 0 Å². The molecule has 0 amide bonds. The monoisotopic (exact) mass is 318 g/mol. The first-order valence-electron chi connectivity index (χ1n) is 8.62. The number of carbonyl (C=O) groups is 1. The highest BCUT2D eigenvalue weighted by molar-refractivity contribution is 5.89. The molecule has 2 nitrogen and oxygen atoms in total. The van der Waals surface area contributed by atoms with Crippen LogP contribution in [-0.2, 0) is 4.74 Å². The van der Waals surface area contributed by atoms with Gasteiger partial charge >= 0.3 is 5.97 Å². The Morgan fingerprint density at radius 1 is 1.04 bits per heavy atom. The molecule has 0 radical (unpaired) electrons. The number of unbranched alkanes of at least 4 members (excludes halogenated alkanes) is 8. The quantitative estimate of drug-likeness (QED) is 0.323. The van der Waals surface area contributed by atoms with Gasteiger partial charge in [0, 0.05) is 6.42 Å². The van der Waals surface area contributed by atoms with E-state index in [1.54, 1.807) is 0 Å². The van der Waals surface area contributed by atoms with Gasteiger partial charge in [0.2, 0.25) is 0 Å². The van der Waals surface area contributed by atoms with Gasteiger partial charge in [-0.3, -0.25) is 0 Å². The second kappa shape index (κ2) is 12.7. The number of rotatable bonds is 10. The average molecular weight is 318 g/mol. The van der Waals surface area contributed by atoms with Crippen molar-refractivity contribution in [2.75, 3.05) is 6.61 Å². The molecule has 0 aliphatic rings. The van der Waals surface area contributed by atoms with Crippen LogP contribution in [0.5, 0.6) is 0 Å². The van der Waals surface area contributed by atoms with Crippen molar-refractivity contribution in [1.82, 2.24) is 0 Å². The summed E-state index contributed by atoms with van der Waals surface area (Å²) in [6.07, 6.45) is 11.1. The maximum absolute atomic E-state index is 13.0. The highest BCUT2D eigenvalue weighted by Gasteiger charge is 2.06. The molecule has 0 unspecified atom stereocenters. The van der Waals surface area contributed by atoms with E-state index in [-0.39, 0.29) is 12.2 Å². The smallest absolute Gasteiger partial charge is 0.339 e. The molecule has 126 valence electrons. The molecule has 0 bridgehead atoms. The molecular weight excluding hydrogens is 291 g/mol. The normalized spacial score (nSPS) is 10.0. The lowest BCUT2D eigenvalue weighted by molar-refractivity contribution is 0.0556. The van der Waals surface area contributed by atoms with E-state index in [9.17, 15) is 9.18 Å². The van der Waals surface area contributed by atoms with Gasteiger partial charge in [0.15, 0.2) is 6.61 Å². The zero-order chi connectivity index (χ0) is 16.8. The largest absolute Gasteiger partial charge is 0.449 e. The van der Waals surface area contributed by atoms with Gasteiger partial charge in [0.05, 0.1) is 5.56 Å². The molecule has 0 spiro atoms. The first kappa shape index (κ1) is 19.2. The minimum Gasteiger partial charge on any atom is -0.449 e. The van der Waals surface area contributed by atoms with E-state index in [4.69, 9.17) is 4.74 Å². The van der Waals surface area contributed by atoms with Crippen LogP contribution in [0.25, 0.3) is 0 Å². The van der Waals surface area contributed by atoms with Crippen LogP contribution in [-0.4, -0.2) is 12.6 Å². The van der Waals surface area contributed by atoms with Crippen molar-refractivity contribution in [2.24, 2.45) is 0 Å². The minimum atomic E-state index is -0.536. The van der Waals surface area contributed by atoms with Crippen LogP contribution < -0.4 is 0 Å². The van der Waals surface area contributed by atoms with Gasteiger partial charge in [-0.15, -0.1) is 0 Å². The van der Waals surface area contributed by atoms with Crippen molar-refractivity contribution < 1.29 is 13.9 Å². The summed E-state index contributed by atoms with van der Waals surface area (Å²) in [4.78, 5) is 11.6. The highest BCUT2D eigenvalue weighted by atomic mass is 19.1. The number of carbonyl (C=O) groups excluding carboxylic acids is 1. The lowest BCUT2D eigenvalue weighted by atomic mass is 10.1. The minimum absolute atomic E-state index is 0.0619. The van der Waals surface area contributed by atoms with Crippen molar-refractivity contribution in [3.05, 3.63) is 35.6 Å². The topological polar surface area (TPSA) is 26.3 Å². The molecule has 3 heteroatoms. The van der Waals surface area contributed by atoms with E-state index in [0.717, 1.165) is 18.9 Å². The lowest BCUT2D eigenvalue weighted by Crippen LogP contribution is -2.05. The molecule has 0 atom stereocenters. The van der Waals surface area contributed by atoms with Crippen LogP contribution >= 0.6 is 0 Å². The summed E-state index contributed by atoms with van der Waals surface area (Å²) in [6.45, 7) is 2.29. The second-order valence-electron chi connectivity index (χ2n) is 5.66. The van der Waals surface area contributed by atoms with E-state index in [2.05, 4.69) is 18.8 Å². The van der Waals surface area contributed by atoms with Gasteiger partial charge in [-0.05, 0) is 24.6 Å². The molecule has 0 aliphatic carbocycles. The summed E-state index contributed by atoms with van der Waals surface area (Å²) in [5, 5.41) is 0. The van der Waals surface area contributed by atoms with Gasteiger partial charge in [0.1, 0.15) is 5.82 Å². The lowest BCUT2D eigenvalue weighted by Gasteiger charge is -2.00. The van der Waals surface area contributed by atoms with Crippen LogP contribution in [0.1, 0.15) is 75.1 Å². The summed E-state index contributed by atoms with van der Waals surface area (Å²) in [5.41, 5.74) is 0.217. The van der Waals surface area contributed by atoms with Crippen LogP contribution in [0.3, 0.4) is 0 Å². The fourth-order valence-corrected chi connectivity index (χ4v) is 2.29. The van der Waals surface area contributed by atoms with Crippen molar-refractivity contribution in [1.29, 1.82) is 0 Å². The van der Waals surface area contributed by atoms with E-state index in [1.165, 1.54) is 63.1 Å². The van der Waals surface area contributed by atoms with Crippen molar-refractivity contribution in [3.8, 4) is 11.8 Å². The molecule has 0 aliphatic heterocycles. The Kier molecular flexibility index (Phi) is 10.6. The maximum Gasteiger partial charge on any atom is 0.339 e. The van der Waals surface area contributed by atoms with Gasteiger partial charge in [-0.2, -0.15) is 0 Å². The SMILES string of the molecule is CCCCCCCCCCC#CCOC(=O)c1cccc(F)c1. The molecule has 1 aromatic rings. The fourth-order valence-electron chi connectivity index (χ4n) is 2.29. The molecule has 0 saturated carbocycles. The first-order valence-corrected chi connectivity index (χ1v) is 8.62. The van der Waals surface area contributed by atoms with Crippen LogP contribution in [0.2, 0.25) is 0 Å². The summed E-state index contributed by atoms with van der Waals surface area (Å²) >= 11 is 0. The van der Waals surface area contributed by atoms with Crippen molar-refractivity contribution in [2.45, 2.75) is 64.7 Å². The number of hydrogen-bond donors (Lipinski definition) is 0. The molecule has 1 aromatic carbocycles. The van der Waals surface area contributed by atoms with Gasteiger partial charge < -0.3 is 4.74 Å². The Morgan fingerprint density at radius 2 is 1.74 bits per heavy atom. The second-order valence-corrected chi connectivity index (χ2v) is 5.66. The summed E-state index contributed by atoms with van der Waals surface area (Å²) < 4.78 is 18.0. The number of benzene rings is 1. The Bertz CT molecular complexity index is 514. The predicted molar refractivity (Wildman–Crippen MR) is 91.7 cm³/mol. The molecule has 0 saturated heterocycles. The number of ether oxygens (including phenoxy) is 1. The summed E-state index contributed by atoms with van der Waals surface area (Å²) in [7, 11) is 0. The molecule has 1 rings (SSSR count). The summed E-state index contributed by atoms with van der Waals surface area (Å²) in [6, 6.07) is 5.47. The van der Waals surface area contributed by atoms with Gasteiger partial charge in [-0.1, -0.05) is 69.8 Å². The standard InChI is InChI=1S/C20H27FO2/c1-2-3-4-5-6-7-8-9-10-11-12-16-23-20(22)18-14-13-15-19(21)17-18/h13-15,17H,2-10,16H2,1H3. The van der Waals surface area contributed by atoms with Crippen LogP contribution in [0.4, 0.5) is 4.39 Å². The first-order chi connectivity index (χ1) is 11.2. The summed E-state index contributed by atoms with van der Waals surface area (Å²) in [5.74, 6) is 4.87. The van der Waals surface area contributed by atoms with E-state index in [1.807, 2.05) is 0 Å². The Hall–Kier alpha value is -1.82. The highest BCUT2D eigenvalue weighted by Crippen LogP contribution is 2.09. The van der Waals surface area contributed by atoms with Gasteiger partial charge in [0.25, 0.3) is 0 Å². The Labute approximate surface area is 139 Å². The molecule has 0 aromatic heterocycles. The van der Waals surface area contributed by atoms with Gasteiger partial charge in [-0.25, -0.2) is 9.18 Å². The fraction of sp³-hybridized carbons (Fsp3) is 0.550. The van der Waals surface area contributed by atoms with Crippen LogP contribution in [0, 0.1) is 17.7 Å². The molecule has 23 heavy (non-hydrogen) atoms. The molecule has 0 heterocycles. The molecule has 0 fully saturated rings. The maximum atomic E-state index is 13.0. The van der Waals surface area contributed by atoms with Crippen LogP contribution in [0.15, 0.2) is 24.3 Å². The van der Waals surface area contributed by atoms with E-state index >= 15 is 0 Å². The zero-order valence-electron chi connectivity index (χ0n) is 14.1. The Balaban J connectivity index is 2.02. The number of esters is 1. The van der Waals surface area contributed by atoms with Crippen molar-refractivity contribution in [3.63, 3.8) is 0 Å². The third-order valence-corrected chi connectivity index (χ3v) is 3.62. The third kappa shape index (κ3) is 9.73. The molecular formula is C20H27FO2. The zero-order valence-corrected chi connectivity index (χ0v) is 14.1. The number of halogens is 1. The predicted octanol–water partition coefficient (Wildman–Crippen LogP) is 5.52. The van der Waals surface area contributed by atoms with Crippen molar-refractivity contribution >= 4 is 5.97 Å². The molecule has 0 N–H and O–H groups in total.